The fourth-order valence-corrected chi connectivity index (χ4v) is 4.32. The van der Waals surface area contributed by atoms with Crippen molar-refractivity contribution in [2.24, 2.45) is 0 Å². The average molecular weight is 310 g/mol. The van der Waals surface area contributed by atoms with Crippen molar-refractivity contribution in [3.8, 4) is 0 Å². The molecule has 3 heterocycles. The van der Waals surface area contributed by atoms with Gasteiger partial charge >= 0.3 is 0 Å². The molecule has 0 amide bonds. The number of nitrogens with one attached hydrogen (secondary N) is 1. The van der Waals surface area contributed by atoms with Gasteiger partial charge in [-0.05, 0) is 32.2 Å². The van der Waals surface area contributed by atoms with Crippen LogP contribution in [0.4, 0.5) is 0 Å². The monoisotopic (exact) mass is 310 g/mol. The first-order chi connectivity index (χ1) is 10.4. The third-order valence-corrected chi connectivity index (χ3v) is 5.57. The van der Waals surface area contributed by atoms with Crippen molar-refractivity contribution in [3.63, 3.8) is 0 Å². The number of hydrogen-bond donors (Lipinski definition) is 1. The van der Waals surface area contributed by atoms with Crippen molar-refractivity contribution in [3.05, 3.63) is 5.82 Å². The lowest BCUT2D eigenvalue weighted by Crippen LogP contribution is -2.45. The van der Waals surface area contributed by atoms with Gasteiger partial charge in [0, 0.05) is 25.6 Å². The molecule has 1 aromatic rings. The highest BCUT2D eigenvalue weighted by atomic mass is 32.2. The Morgan fingerprint density at radius 3 is 3.19 bits per heavy atom. The molecule has 0 bridgehead atoms. The smallest absolute Gasteiger partial charge is 0.191 e. The third-order valence-electron chi connectivity index (χ3n) is 4.29. The number of ether oxygens (including phenoxy) is 1. The van der Waals surface area contributed by atoms with Crippen molar-refractivity contribution in [1.82, 2.24) is 20.1 Å². The molecule has 1 saturated heterocycles. The van der Waals surface area contributed by atoms with Crippen LogP contribution in [0, 0.1) is 0 Å². The maximum absolute atomic E-state index is 5.69. The zero-order chi connectivity index (χ0) is 14.5. The van der Waals surface area contributed by atoms with Gasteiger partial charge in [0.25, 0.3) is 0 Å². The SMILES string of the molecule is CCCNC1CCOCC1Sc1nnc2n1CCCCC2. The highest BCUT2D eigenvalue weighted by Crippen LogP contribution is 2.29. The van der Waals surface area contributed by atoms with Crippen LogP contribution in [0.1, 0.15) is 44.9 Å². The quantitative estimate of drug-likeness (QED) is 0.904. The fourth-order valence-electron chi connectivity index (χ4n) is 3.07. The number of hydrogen-bond acceptors (Lipinski definition) is 5. The van der Waals surface area contributed by atoms with E-state index in [2.05, 4.69) is 27.0 Å². The van der Waals surface area contributed by atoms with E-state index in [1.165, 1.54) is 31.5 Å². The summed E-state index contributed by atoms with van der Waals surface area (Å²) in [6, 6.07) is 0.530. The first-order valence-electron chi connectivity index (χ1n) is 8.28. The van der Waals surface area contributed by atoms with E-state index in [1.54, 1.807) is 0 Å². The molecule has 118 valence electrons. The normalized spacial score (nSPS) is 26.3. The van der Waals surface area contributed by atoms with Crippen molar-refractivity contribution in [2.75, 3.05) is 19.8 Å². The second kappa shape index (κ2) is 7.61. The van der Waals surface area contributed by atoms with Gasteiger partial charge < -0.3 is 14.6 Å². The molecule has 21 heavy (non-hydrogen) atoms. The molecule has 2 atom stereocenters. The highest BCUT2D eigenvalue weighted by molar-refractivity contribution is 7.99. The van der Waals surface area contributed by atoms with Crippen molar-refractivity contribution in [1.29, 1.82) is 0 Å². The Morgan fingerprint density at radius 1 is 1.33 bits per heavy atom. The summed E-state index contributed by atoms with van der Waals surface area (Å²) in [5.74, 6) is 1.17. The second-order valence-electron chi connectivity index (χ2n) is 5.94. The molecule has 1 aromatic heterocycles. The van der Waals surface area contributed by atoms with E-state index in [9.17, 15) is 0 Å². The summed E-state index contributed by atoms with van der Waals surface area (Å²) < 4.78 is 8.03. The minimum atomic E-state index is 0.446. The third kappa shape index (κ3) is 3.79. The summed E-state index contributed by atoms with van der Waals surface area (Å²) in [6.45, 7) is 6.06. The van der Waals surface area contributed by atoms with Crippen LogP contribution < -0.4 is 5.32 Å². The second-order valence-corrected chi connectivity index (χ2v) is 7.15. The van der Waals surface area contributed by atoms with Gasteiger partial charge in [-0.25, -0.2) is 0 Å². The predicted octanol–water partition coefficient (Wildman–Crippen LogP) is 2.25. The minimum Gasteiger partial charge on any atom is -0.380 e. The van der Waals surface area contributed by atoms with Crippen molar-refractivity contribution < 1.29 is 4.74 Å². The summed E-state index contributed by atoms with van der Waals surface area (Å²) >= 11 is 1.86. The maximum atomic E-state index is 5.69. The molecular formula is C15H26N4OS. The van der Waals surface area contributed by atoms with E-state index in [4.69, 9.17) is 4.74 Å². The van der Waals surface area contributed by atoms with Crippen LogP contribution in [0.25, 0.3) is 0 Å². The van der Waals surface area contributed by atoms with E-state index in [1.807, 2.05) is 11.8 Å². The van der Waals surface area contributed by atoms with E-state index >= 15 is 0 Å². The molecule has 0 saturated carbocycles. The average Bonchev–Trinajstić information content (AvgIpc) is 2.74. The van der Waals surface area contributed by atoms with E-state index < -0.39 is 0 Å². The summed E-state index contributed by atoms with van der Waals surface area (Å²) in [5, 5.41) is 14.0. The van der Waals surface area contributed by atoms with Gasteiger partial charge in [0.05, 0.1) is 11.9 Å². The van der Waals surface area contributed by atoms with Crippen LogP contribution in [-0.4, -0.2) is 45.8 Å². The van der Waals surface area contributed by atoms with Gasteiger partial charge in [-0.2, -0.15) is 0 Å². The summed E-state index contributed by atoms with van der Waals surface area (Å²) in [4.78, 5) is 0. The predicted molar refractivity (Wildman–Crippen MR) is 84.7 cm³/mol. The van der Waals surface area contributed by atoms with Crippen molar-refractivity contribution >= 4 is 11.8 Å². The summed E-state index contributed by atoms with van der Waals surface area (Å²) in [7, 11) is 0. The van der Waals surface area contributed by atoms with E-state index in [-0.39, 0.29) is 0 Å². The van der Waals surface area contributed by atoms with Gasteiger partial charge in [0.2, 0.25) is 0 Å². The molecule has 0 spiro atoms. The Labute approximate surface area is 131 Å². The molecule has 3 rings (SSSR count). The molecule has 2 aliphatic rings. The molecule has 1 fully saturated rings. The Hall–Kier alpha value is -0.590. The van der Waals surface area contributed by atoms with E-state index in [0.717, 1.165) is 44.3 Å². The van der Waals surface area contributed by atoms with Gasteiger partial charge in [0.1, 0.15) is 5.82 Å². The van der Waals surface area contributed by atoms with Crippen LogP contribution in [0.15, 0.2) is 5.16 Å². The van der Waals surface area contributed by atoms with Crippen LogP contribution in [-0.2, 0) is 17.7 Å². The van der Waals surface area contributed by atoms with Crippen LogP contribution in [0.3, 0.4) is 0 Å². The molecule has 2 aliphatic heterocycles. The van der Waals surface area contributed by atoms with Gasteiger partial charge in [0.15, 0.2) is 5.16 Å². The van der Waals surface area contributed by atoms with Crippen LogP contribution in [0.5, 0.6) is 0 Å². The molecule has 0 radical (unpaired) electrons. The molecule has 0 aliphatic carbocycles. The molecule has 1 N–H and O–H groups in total. The lowest BCUT2D eigenvalue weighted by molar-refractivity contribution is 0.0832. The molecule has 5 nitrogen and oxygen atoms in total. The van der Waals surface area contributed by atoms with Gasteiger partial charge in [-0.15, -0.1) is 10.2 Å². The molecule has 6 heteroatoms. The lowest BCUT2D eigenvalue weighted by Gasteiger charge is -2.31. The molecule has 0 aromatic carbocycles. The zero-order valence-electron chi connectivity index (χ0n) is 12.9. The van der Waals surface area contributed by atoms with Gasteiger partial charge in [-0.3, -0.25) is 0 Å². The fraction of sp³-hybridized carbons (Fsp3) is 0.867. The Balaban J connectivity index is 1.68. The molecule has 2 unspecified atom stereocenters. The Morgan fingerprint density at radius 2 is 2.29 bits per heavy atom. The largest absolute Gasteiger partial charge is 0.380 e. The minimum absolute atomic E-state index is 0.446. The zero-order valence-corrected chi connectivity index (χ0v) is 13.7. The number of aromatic nitrogens is 3. The topological polar surface area (TPSA) is 52.0 Å². The number of nitrogens with zero attached hydrogens (tertiary/aromatic N) is 3. The number of thioether (sulfide) groups is 1. The number of aryl methyl sites for hydroxylation is 1. The Kier molecular flexibility index (Phi) is 5.55. The molecular weight excluding hydrogens is 284 g/mol. The first kappa shape index (κ1) is 15.3. The maximum Gasteiger partial charge on any atom is 0.191 e. The Bertz CT molecular complexity index is 451. The summed E-state index contributed by atoms with van der Waals surface area (Å²) in [6.07, 6.45) is 7.15. The standard InChI is InChI=1S/C15H26N4OS/c1-2-8-16-12-7-10-20-11-13(12)21-15-18-17-14-6-4-3-5-9-19(14)15/h12-13,16H,2-11H2,1H3. The van der Waals surface area contributed by atoms with E-state index in [0.29, 0.717) is 11.3 Å². The van der Waals surface area contributed by atoms with Crippen LogP contribution in [0.2, 0.25) is 0 Å². The number of rotatable bonds is 5. The highest BCUT2D eigenvalue weighted by Gasteiger charge is 2.28. The first-order valence-corrected chi connectivity index (χ1v) is 9.16. The van der Waals surface area contributed by atoms with Gasteiger partial charge in [-0.1, -0.05) is 25.1 Å². The number of fused-ring (bicyclic) bond motifs is 1. The lowest BCUT2D eigenvalue weighted by atomic mass is 10.1. The summed E-state index contributed by atoms with van der Waals surface area (Å²) in [5.41, 5.74) is 0. The van der Waals surface area contributed by atoms with Crippen molar-refractivity contribution in [2.45, 2.75) is 68.4 Å². The van der Waals surface area contributed by atoms with Crippen LogP contribution >= 0.6 is 11.8 Å².